The summed E-state index contributed by atoms with van der Waals surface area (Å²) in [6.07, 6.45) is 5.39. The number of amides is 4. The van der Waals surface area contributed by atoms with E-state index in [4.69, 9.17) is 11.5 Å². The molecule has 11 N–H and O–H groups in total. The maximum atomic E-state index is 13.9. The van der Waals surface area contributed by atoms with E-state index < -0.39 is 65.7 Å². The SMILES string of the molecule is CSCC[C@H](NC(=O)[C@H](Cc1ccc(O)cc1)NC(=O)[C@H](CCCCN)NC(=O)[C@@H](N)Cc1c[nH]c2ccccc12)C(=O)N[C@H](C(=O)O)C(C)C. The van der Waals surface area contributed by atoms with Crippen LogP contribution in [0.25, 0.3) is 10.9 Å². The summed E-state index contributed by atoms with van der Waals surface area (Å²) in [4.78, 5) is 69.3. The van der Waals surface area contributed by atoms with Crippen molar-refractivity contribution in [3.63, 3.8) is 0 Å². The summed E-state index contributed by atoms with van der Waals surface area (Å²) in [5, 5.41) is 31.1. The number of hydrogen-bond donors (Lipinski definition) is 9. The zero-order valence-corrected chi connectivity index (χ0v) is 30.1. The summed E-state index contributed by atoms with van der Waals surface area (Å²) < 4.78 is 0. The van der Waals surface area contributed by atoms with E-state index in [0.29, 0.717) is 30.7 Å². The van der Waals surface area contributed by atoms with Gasteiger partial charge in [0.2, 0.25) is 23.6 Å². The molecule has 2 aromatic carbocycles. The van der Waals surface area contributed by atoms with Crippen LogP contribution in [0.15, 0.2) is 54.7 Å². The lowest BCUT2D eigenvalue weighted by Crippen LogP contribution is -2.59. The van der Waals surface area contributed by atoms with Crippen LogP contribution in [0.3, 0.4) is 0 Å². The number of H-pyrrole nitrogens is 1. The zero-order chi connectivity index (χ0) is 37.5. The number of fused-ring (bicyclic) bond motifs is 1. The Labute approximate surface area is 302 Å². The Morgan fingerprint density at radius 1 is 0.804 bits per heavy atom. The predicted molar refractivity (Wildman–Crippen MR) is 198 cm³/mol. The van der Waals surface area contributed by atoms with E-state index in [1.54, 1.807) is 32.2 Å². The Bertz CT molecular complexity index is 1610. The molecule has 278 valence electrons. The number of phenolic OH excluding ortho intramolecular Hbond substituents is 1. The van der Waals surface area contributed by atoms with E-state index in [-0.39, 0.29) is 31.4 Å². The fourth-order valence-corrected chi connectivity index (χ4v) is 6.04. The lowest BCUT2D eigenvalue weighted by atomic mass is 10.0. The molecule has 4 amide bonds. The van der Waals surface area contributed by atoms with Gasteiger partial charge in [-0.15, -0.1) is 0 Å². The first-order valence-electron chi connectivity index (χ1n) is 17.1. The molecule has 1 heterocycles. The van der Waals surface area contributed by atoms with Crippen LogP contribution in [-0.2, 0) is 36.8 Å². The van der Waals surface area contributed by atoms with Crippen LogP contribution in [0.1, 0.15) is 50.7 Å². The second-order valence-electron chi connectivity index (χ2n) is 12.9. The van der Waals surface area contributed by atoms with Gasteiger partial charge < -0.3 is 47.9 Å². The van der Waals surface area contributed by atoms with Crippen LogP contribution in [0.4, 0.5) is 0 Å². The Balaban J connectivity index is 1.82. The third-order valence-electron chi connectivity index (χ3n) is 8.51. The van der Waals surface area contributed by atoms with Crippen molar-refractivity contribution in [1.29, 1.82) is 0 Å². The normalized spacial score (nSPS) is 14.2. The minimum Gasteiger partial charge on any atom is -0.508 e. The molecule has 0 radical (unpaired) electrons. The first-order chi connectivity index (χ1) is 24.3. The molecule has 3 aromatic rings. The van der Waals surface area contributed by atoms with Gasteiger partial charge in [0.05, 0.1) is 6.04 Å². The summed E-state index contributed by atoms with van der Waals surface area (Å²) in [6.45, 7) is 3.71. The highest BCUT2D eigenvalue weighted by Crippen LogP contribution is 2.19. The Morgan fingerprint density at radius 2 is 1.41 bits per heavy atom. The molecule has 3 rings (SSSR count). The van der Waals surface area contributed by atoms with Crippen LogP contribution in [0.2, 0.25) is 0 Å². The van der Waals surface area contributed by atoms with E-state index in [1.165, 1.54) is 23.9 Å². The maximum Gasteiger partial charge on any atom is 0.326 e. The number of rotatable bonds is 21. The number of nitrogens with one attached hydrogen (secondary N) is 5. The molecule has 0 bridgehead atoms. The quantitative estimate of drug-likeness (QED) is 0.0718. The number of aromatic nitrogens is 1. The molecule has 5 atom stereocenters. The number of carboxylic acid groups (broad SMARTS) is 1. The van der Waals surface area contributed by atoms with Gasteiger partial charge in [0.1, 0.15) is 29.9 Å². The van der Waals surface area contributed by atoms with Crippen molar-refractivity contribution in [3.8, 4) is 5.75 Å². The molecule has 15 heteroatoms. The molecule has 14 nitrogen and oxygen atoms in total. The fourth-order valence-electron chi connectivity index (χ4n) is 5.56. The molecule has 0 saturated carbocycles. The Morgan fingerprint density at radius 3 is 2.06 bits per heavy atom. The van der Waals surface area contributed by atoms with Gasteiger partial charge in [-0.1, -0.05) is 44.2 Å². The van der Waals surface area contributed by atoms with Gasteiger partial charge in [0.15, 0.2) is 0 Å². The van der Waals surface area contributed by atoms with Gasteiger partial charge in [-0.2, -0.15) is 11.8 Å². The predicted octanol–water partition coefficient (Wildman–Crippen LogP) is 1.55. The number of phenols is 1. The molecular formula is C36H51N7O7S. The second-order valence-corrected chi connectivity index (χ2v) is 13.8. The van der Waals surface area contributed by atoms with Crippen LogP contribution in [-0.4, -0.2) is 93.6 Å². The maximum absolute atomic E-state index is 13.9. The summed E-state index contributed by atoms with van der Waals surface area (Å²) in [5.74, 6) is -3.62. The zero-order valence-electron chi connectivity index (χ0n) is 29.3. The van der Waals surface area contributed by atoms with Crippen molar-refractivity contribution < 1.29 is 34.2 Å². The molecule has 0 aliphatic heterocycles. The third-order valence-corrected chi connectivity index (χ3v) is 9.16. The molecule has 0 saturated heterocycles. The number of carboxylic acids is 1. The van der Waals surface area contributed by atoms with Crippen LogP contribution in [0, 0.1) is 5.92 Å². The van der Waals surface area contributed by atoms with Crippen LogP contribution in [0.5, 0.6) is 5.75 Å². The minimum atomic E-state index is -1.21. The highest BCUT2D eigenvalue weighted by molar-refractivity contribution is 7.98. The molecule has 0 fully saturated rings. The standard InChI is InChI=1S/C36H51N7O7S/c1-21(2)31(36(49)50)43-34(47)29(15-17-51-3)41-35(48)30(18-22-11-13-24(44)14-12-22)42-33(46)28(10-6-7-16-37)40-32(45)26(38)19-23-20-39-27-9-5-4-8-25(23)27/h4-5,8-9,11-14,20-21,26,28-31,39,44H,6-7,10,15-19,37-38H2,1-3H3,(H,40,45)(H,41,48)(H,42,46)(H,43,47)(H,49,50)/t26-,28-,29-,30-,31-/m0/s1. The van der Waals surface area contributed by atoms with Crippen LogP contribution < -0.4 is 32.7 Å². The topological polar surface area (TPSA) is 242 Å². The van der Waals surface area contributed by atoms with E-state index in [1.807, 2.05) is 30.5 Å². The van der Waals surface area contributed by atoms with Crippen molar-refractivity contribution in [2.45, 2.75) is 82.6 Å². The summed E-state index contributed by atoms with van der Waals surface area (Å²) in [6, 6.07) is 8.25. The number of para-hydroxylation sites is 1. The lowest BCUT2D eigenvalue weighted by Gasteiger charge is -2.27. The Hall–Kier alpha value is -4.60. The summed E-state index contributed by atoms with van der Waals surface area (Å²) >= 11 is 1.45. The number of benzene rings is 2. The van der Waals surface area contributed by atoms with Gasteiger partial charge in [0, 0.05) is 23.5 Å². The number of aliphatic carboxylic acids is 1. The average Bonchev–Trinajstić information content (AvgIpc) is 3.50. The minimum absolute atomic E-state index is 0.0119. The first-order valence-corrected chi connectivity index (χ1v) is 18.5. The number of hydrogen-bond acceptors (Lipinski definition) is 9. The van der Waals surface area contributed by atoms with Crippen molar-refractivity contribution >= 4 is 52.3 Å². The van der Waals surface area contributed by atoms with Gasteiger partial charge in [-0.3, -0.25) is 19.2 Å². The average molecular weight is 726 g/mol. The molecule has 0 aliphatic carbocycles. The van der Waals surface area contributed by atoms with Crippen molar-refractivity contribution in [3.05, 3.63) is 65.9 Å². The fraction of sp³-hybridized carbons (Fsp3) is 0.472. The first kappa shape index (κ1) is 40.8. The third kappa shape index (κ3) is 12.6. The summed E-state index contributed by atoms with van der Waals surface area (Å²) in [5.41, 5.74) is 14.4. The van der Waals surface area contributed by atoms with Gasteiger partial charge >= 0.3 is 5.97 Å². The molecule has 51 heavy (non-hydrogen) atoms. The second kappa shape index (κ2) is 20.3. The van der Waals surface area contributed by atoms with E-state index in [2.05, 4.69) is 26.3 Å². The molecule has 1 aromatic heterocycles. The van der Waals surface area contributed by atoms with Crippen molar-refractivity contribution in [1.82, 2.24) is 26.3 Å². The van der Waals surface area contributed by atoms with Crippen molar-refractivity contribution in [2.24, 2.45) is 17.4 Å². The molecule has 0 unspecified atom stereocenters. The molecule has 0 aliphatic rings. The number of unbranched alkanes of at least 4 members (excludes halogenated alkanes) is 1. The smallest absolute Gasteiger partial charge is 0.326 e. The monoisotopic (exact) mass is 725 g/mol. The summed E-state index contributed by atoms with van der Waals surface area (Å²) in [7, 11) is 0. The van der Waals surface area contributed by atoms with Crippen molar-refractivity contribution in [2.75, 3.05) is 18.6 Å². The van der Waals surface area contributed by atoms with E-state index in [9.17, 15) is 34.2 Å². The number of carbonyl (C=O) groups is 5. The highest BCUT2D eigenvalue weighted by atomic mass is 32.2. The number of nitrogens with two attached hydrogens (primary N) is 2. The number of carbonyl (C=O) groups excluding carboxylic acids is 4. The van der Waals surface area contributed by atoms with E-state index >= 15 is 0 Å². The molecule has 0 spiro atoms. The van der Waals surface area contributed by atoms with E-state index in [0.717, 1.165) is 16.5 Å². The van der Waals surface area contributed by atoms with Gasteiger partial charge in [0.25, 0.3) is 0 Å². The highest BCUT2D eigenvalue weighted by Gasteiger charge is 2.32. The van der Waals surface area contributed by atoms with Crippen LogP contribution >= 0.6 is 11.8 Å². The van der Waals surface area contributed by atoms with Gasteiger partial charge in [-0.05, 0) is 85.9 Å². The molecular weight excluding hydrogens is 675 g/mol. The number of aromatic amines is 1. The lowest BCUT2D eigenvalue weighted by molar-refractivity contribution is -0.143. The number of aromatic hydroxyl groups is 1. The number of thioether (sulfide) groups is 1. The Kier molecular flexibility index (Phi) is 16.3. The van der Waals surface area contributed by atoms with Gasteiger partial charge in [-0.25, -0.2) is 4.79 Å². The largest absolute Gasteiger partial charge is 0.508 e.